The van der Waals surface area contributed by atoms with Crippen molar-refractivity contribution in [1.82, 2.24) is 9.97 Å². The number of nitrogens with zero attached hydrogens (tertiary/aromatic N) is 2. The van der Waals surface area contributed by atoms with Gasteiger partial charge in [0.2, 0.25) is 5.95 Å². The van der Waals surface area contributed by atoms with Crippen LogP contribution in [0.1, 0.15) is 11.7 Å². The molecular weight excluding hydrogens is 294 g/mol. The Morgan fingerprint density at radius 1 is 1.30 bits per heavy atom. The van der Waals surface area contributed by atoms with Crippen LogP contribution in [-0.2, 0) is 0 Å². The van der Waals surface area contributed by atoms with Crippen LogP contribution in [0.25, 0.3) is 10.2 Å². The van der Waals surface area contributed by atoms with Gasteiger partial charge in [-0.15, -0.1) is 11.3 Å². The molecule has 0 amide bonds. The van der Waals surface area contributed by atoms with Gasteiger partial charge in [-0.05, 0) is 33.8 Å². The van der Waals surface area contributed by atoms with E-state index < -0.39 is 6.10 Å². The van der Waals surface area contributed by atoms with E-state index in [0.29, 0.717) is 18.3 Å². The molecule has 1 atom stereocenters. The number of fused-ring (bicyclic) bond motifs is 1. The van der Waals surface area contributed by atoms with Gasteiger partial charge in [-0.1, -0.05) is 0 Å². The van der Waals surface area contributed by atoms with Crippen LogP contribution in [0.2, 0.25) is 0 Å². The van der Waals surface area contributed by atoms with Crippen LogP contribution < -0.4 is 16.6 Å². The smallest absolute Gasteiger partial charge is 0.240 e. The van der Waals surface area contributed by atoms with Crippen LogP contribution in [0.15, 0.2) is 28.3 Å². The molecule has 0 bridgehead atoms. The summed E-state index contributed by atoms with van der Waals surface area (Å²) >= 11 is 3.08. The average Bonchev–Trinajstić information content (AvgIpc) is 3.14. The van der Waals surface area contributed by atoms with Gasteiger partial charge in [0.25, 0.3) is 0 Å². The van der Waals surface area contributed by atoms with Crippen molar-refractivity contribution in [3.8, 4) is 0 Å². The van der Waals surface area contributed by atoms with E-state index in [0.717, 1.165) is 15.8 Å². The Bertz CT molecular complexity index is 697. The standard InChI is InChI=1S/C12H13N5OS2/c13-17-12-15-10(8-2-4-20-11(8)16-12)14-5-9(18)7-1-3-19-6-7/h1-4,6,9,18H,5,13H2,(H2,14,15,16,17). The Kier molecular flexibility index (Phi) is 3.79. The second-order valence-corrected chi connectivity index (χ2v) is 5.81. The predicted molar refractivity (Wildman–Crippen MR) is 83.0 cm³/mol. The lowest BCUT2D eigenvalue weighted by Crippen LogP contribution is -2.15. The van der Waals surface area contributed by atoms with Crippen LogP contribution in [0, 0.1) is 0 Å². The monoisotopic (exact) mass is 307 g/mol. The highest BCUT2D eigenvalue weighted by Crippen LogP contribution is 2.27. The van der Waals surface area contributed by atoms with E-state index in [1.165, 1.54) is 11.3 Å². The first-order valence-corrected chi connectivity index (χ1v) is 7.76. The molecule has 0 aromatic carbocycles. The number of nitrogens with one attached hydrogen (secondary N) is 2. The first kappa shape index (κ1) is 13.3. The van der Waals surface area contributed by atoms with Crippen molar-refractivity contribution < 1.29 is 5.11 Å². The number of nitrogen functional groups attached to an aromatic ring is 1. The molecule has 104 valence electrons. The Morgan fingerprint density at radius 2 is 2.20 bits per heavy atom. The van der Waals surface area contributed by atoms with Crippen molar-refractivity contribution in [3.63, 3.8) is 0 Å². The molecule has 0 fully saturated rings. The molecule has 0 saturated heterocycles. The fourth-order valence-corrected chi connectivity index (χ4v) is 3.30. The van der Waals surface area contributed by atoms with Gasteiger partial charge in [0.05, 0.1) is 11.5 Å². The fourth-order valence-electron chi connectivity index (χ4n) is 1.83. The Labute approximate surface area is 123 Å². The number of aliphatic hydroxyl groups excluding tert-OH is 1. The molecule has 0 aliphatic carbocycles. The zero-order valence-electron chi connectivity index (χ0n) is 10.4. The minimum Gasteiger partial charge on any atom is -0.387 e. The van der Waals surface area contributed by atoms with Gasteiger partial charge < -0.3 is 10.4 Å². The summed E-state index contributed by atoms with van der Waals surface area (Å²) in [6, 6.07) is 3.85. The highest BCUT2D eigenvalue weighted by molar-refractivity contribution is 7.16. The lowest BCUT2D eigenvalue weighted by molar-refractivity contribution is 0.192. The molecule has 20 heavy (non-hydrogen) atoms. The maximum Gasteiger partial charge on any atom is 0.240 e. The predicted octanol–water partition coefficient (Wildman–Crippen LogP) is 2.18. The summed E-state index contributed by atoms with van der Waals surface area (Å²) in [5.74, 6) is 6.38. The first-order chi connectivity index (χ1) is 9.78. The van der Waals surface area contributed by atoms with Crippen LogP contribution in [0.5, 0.6) is 0 Å². The Hall–Kier alpha value is -1.74. The lowest BCUT2D eigenvalue weighted by atomic mass is 10.2. The normalized spacial score (nSPS) is 12.5. The number of aliphatic hydroxyl groups is 1. The van der Waals surface area contributed by atoms with Crippen molar-refractivity contribution in [2.45, 2.75) is 6.10 Å². The Balaban J connectivity index is 1.81. The average molecular weight is 307 g/mol. The van der Waals surface area contributed by atoms with Gasteiger partial charge in [0, 0.05) is 6.54 Å². The Morgan fingerprint density at radius 3 is 2.95 bits per heavy atom. The molecule has 3 heterocycles. The highest BCUT2D eigenvalue weighted by Gasteiger charge is 2.11. The number of rotatable bonds is 5. The largest absolute Gasteiger partial charge is 0.387 e. The maximum atomic E-state index is 10.1. The lowest BCUT2D eigenvalue weighted by Gasteiger charge is -2.12. The van der Waals surface area contributed by atoms with Crippen LogP contribution in [-0.4, -0.2) is 21.6 Å². The third-order valence-electron chi connectivity index (χ3n) is 2.84. The van der Waals surface area contributed by atoms with E-state index in [4.69, 9.17) is 5.84 Å². The topological polar surface area (TPSA) is 96.1 Å². The van der Waals surface area contributed by atoms with Crippen molar-refractivity contribution in [2.24, 2.45) is 5.84 Å². The minimum absolute atomic E-state index is 0.354. The molecule has 0 aliphatic rings. The van der Waals surface area contributed by atoms with Gasteiger partial charge in [0.1, 0.15) is 10.6 Å². The second-order valence-electron chi connectivity index (χ2n) is 4.13. The fraction of sp³-hybridized carbons (Fsp3) is 0.167. The summed E-state index contributed by atoms with van der Waals surface area (Å²) in [6.45, 7) is 0.378. The van der Waals surface area contributed by atoms with Gasteiger partial charge in [-0.2, -0.15) is 16.3 Å². The summed E-state index contributed by atoms with van der Waals surface area (Å²) < 4.78 is 0. The molecular formula is C12H13N5OS2. The molecule has 5 N–H and O–H groups in total. The van der Waals surface area contributed by atoms with Crippen molar-refractivity contribution in [3.05, 3.63) is 33.8 Å². The molecule has 1 unspecified atom stereocenters. The summed E-state index contributed by atoms with van der Waals surface area (Å²) in [4.78, 5) is 9.39. The van der Waals surface area contributed by atoms with E-state index in [1.54, 1.807) is 11.3 Å². The van der Waals surface area contributed by atoms with Crippen molar-refractivity contribution in [2.75, 3.05) is 17.3 Å². The number of hydrogen-bond donors (Lipinski definition) is 4. The molecule has 3 aromatic heterocycles. The van der Waals surface area contributed by atoms with Crippen LogP contribution in [0.3, 0.4) is 0 Å². The van der Waals surface area contributed by atoms with E-state index in [9.17, 15) is 5.11 Å². The summed E-state index contributed by atoms with van der Waals surface area (Å²) in [5.41, 5.74) is 3.35. The quantitative estimate of drug-likeness (QED) is 0.426. The molecule has 3 rings (SSSR count). The van der Waals surface area contributed by atoms with E-state index >= 15 is 0 Å². The van der Waals surface area contributed by atoms with Gasteiger partial charge in [0.15, 0.2) is 0 Å². The zero-order chi connectivity index (χ0) is 13.9. The molecule has 0 radical (unpaired) electrons. The van der Waals surface area contributed by atoms with E-state index in [2.05, 4.69) is 20.7 Å². The number of nitrogens with two attached hydrogens (primary N) is 1. The molecule has 3 aromatic rings. The summed E-state index contributed by atoms with van der Waals surface area (Å²) in [5, 5.41) is 20.0. The zero-order valence-corrected chi connectivity index (χ0v) is 12.0. The summed E-state index contributed by atoms with van der Waals surface area (Å²) in [7, 11) is 0. The number of hydrazine groups is 1. The van der Waals surface area contributed by atoms with Crippen LogP contribution in [0.4, 0.5) is 11.8 Å². The maximum absolute atomic E-state index is 10.1. The third-order valence-corrected chi connectivity index (χ3v) is 4.35. The van der Waals surface area contributed by atoms with Gasteiger partial charge >= 0.3 is 0 Å². The van der Waals surface area contributed by atoms with Gasteiger partial charge in [-0.25, -0.2) is 10.8 Å². The molecule has 6 nitrogen and oxygen atoms in total. The number of hydrogen-bond acceptors (Lipinski definition) is 8. The second kappa shape index (κ2) is 5.71. The first-order valence-electron chi connectivity index (χ1n) is 5.94. The third kappa shape index (κ3) is 2.59. The molecule has 8 heteroatoms. The minimum atomic E-state index is -0.570. The van der Waals surface area contributed by atoms with Gasteiger partial charge in [-0.3, -0.25) is 5.43 Å². The number of thiophene rings is 2. The summed E-state index contributed by atoms with van der Waals surface area (Å²) in [6.07, 6.45) is -0.570. The molecule has 0 spiro atoms. The van der Waals surface area contributed by atoms with Crippen molar-refractivity contribution in [1.29, 1.82) is 0 Å². The SMILES string of the molecule is NNc1nc(NCC(O)c2ccsc2)c2ccsc2n1. The molecule has 0 saturated carbocycles. The van der Waals surface area contributed by atoms with Crippen LogP contribution >= 0.6 is 22.7 Å². The van der Waals surface area contributed by atoms with E-state index in [1.807, 2.05) is 28.3 Å². The highest BCUT2D eigenvalue weighted by atomic mass is 32.1. The number of aromatic nitrogens is 2. The van der Waals surface area contributed by atoms with Crippen molar-refractivity contribution >= 4 is 44.7 Å². The number of anilines is 2. The van der Waals surface area contributed by atoms with E-state index in [-0.39, 0.29) is 0 Å². The molecule has 0 aliphatic heterocycles.